The van der Waals surface area contributed by atoms with Crippen molar-refractivity contribution in [2.75, 3.05) is 29.9 Å². The van der Waals surface area contributed by atoms with Crippen LogP contribution in [0.15, 0.2) is 55.2 Å². The number of carbonyl (C=O) groups excluding carboxylic acids is 1. The molecule has 172 valence electrons. The molecule has 1 aromatic carbocycles. The smallest absolute Gasteiger partial charge is 0.420 e. The number of alkyl halides is 3. The van der Waals surface area contributed by atoms with Gasteiger partial charge in [0.1, 0.15) is 17.9 Å². The summed E-state index contributed by atoms with van der Waals surface area (Å²) >= 11 is 4.76. The maximum atomic E-state index is 12.8. The second kappa shape index (κ2) is 9.63. The fraction of sp³-hybridized carbons (Fsp3) is 0.273. The number of nitrogens with one attached hydrogen (secondary N) is 1. The van der Waals surface area contributed by atoms with Gasteiger partial charge < -0.3 is 20.1 Å². The minimum absolute atomic E-state index is 0.104. The van der Waals surface area contributed by atoms with Crippen LogP contribution in [0.4, 0.5) is 20.3 Å². The first-order valence-electron chi connectivity index (χ1n) is 10.1. The van der Waals surface area contributed by atoms with Crippen LogP contribution in [0.25, 0.3) is 11.1 Å². The number of carbonyl (C=O) groups is 1. The average molecular weight is 476 g/mol. The zero-order chi connectivity index (χ0) is 23.4. The molecule has 1 aliphatic heterocycles. The minimum atomic E-state index is -3.82. The van der Waals surface area contributed by atoms with Gasteiger partial charge in [-0.25, -0.2) is 15.0 Å². The number of aliphatic hydroxyl groups is 1. The third kappa shape index (κ3) is 5.71. The molecule has 2 N–H and O–H groups in total. The molecule has 0 saturated carbocycles. The highest BCUT2D eigenvalue weighted by atomic mass is 35.5. The number of nitrogens with zero attached hydrogens (tertiary/aromatic N) is 4. The number of hydrogen-bond donors (Lipinski definition) is 2. The summed E-state index contributed by atoms with van der Waals surface area (Å²) in [6, 6.07) is 7.08. The standard InChI is InChI=1S/C22H20ClF2N5O3/c23-22(24,25)33-18-3-1-17(2-4-18)29-21(32)15-7-19(16-8-26-13-27-9-16)20(28-10-15)30-6-5-14(11-30)12-31/h1-4,7-10,13-14,31H,5-6,11-12H2,(H,29,32). The molecule has 0 radical (unpaired) electrons. The SMILES string of the molecule is O=C(Nc1ccc(OC(F)(F)Cl)cc1)c1cnc(N2CCC(CO)C2)c(-c2cncnc2)c1. The van der Waals surface area contributed by atoms with Crippen LogP contribution in [0.3, 0.4) is 0 Å². The Hall–Kier alpha value is -3.37. The lowest BCUT2D eigenvalue weighted by atomic mass is 10.1. The second-order valence-corrected chi connectivity index (χ2v) is 7.97. The molecule has 1 aliphatic rings. The highest BCUT2D eigenvalue weighted by molar-refractivity contribution is 6.20. The van der Waals surface area contributed by atoms with Crippen molar-refractivity contribution in [3.63, 3.8) is 0 Å². The summed E-state index contributed by atoms with van der Waals surface area (Å²) < 4.78 is 29.8. The highest BCUT2D eigenvalue weighted by Crippen LogP contribution is 2.33. The van der Waals surface area contributed by atoms with Crippen LogP contribution in [-0.2, 0) is 0 Å². The van der Waals surface area contributed by atoms with Gasteiger partial charge in [-0.05, 0) is 36.8 Å². The van der Waals surface area contributed by atoms with Gasteiger partial charge in [-0.2, -0.15) is 0 Å². The lowest BCUT2D eigenvalue weighted by molar-refractivity contribution is -0.0964. The van der Waals surface area contributed by atoms with Crippen LogP contribution in [0.2, 0.25) is 0 Å². The molecule has 1 atom stereocenters. The lowest BCUT2D eigenvalue weighted by Crippen LogP contribution is -2.23. The summed E-state index contributed by atoms with van der Waals surface area (Å²) in [6.45, 7) is 1.50. The van der Waals surface area contributed by atoms with Gasteiger partial charge in [0.25, 0.3) is 5.91 Å². The summed E-state index contributed by atoms with van der Waals surface area (Å²) in [5.41, 5.74) is -1.75. The number of benzene rings is 1. The number of halogens is 3. The average Bonchev–Trinajstić information content (AvgIpc) is 3.29. The number of hydrogen-bond acceptors (Lipinski definition) is 7. The van der Waals surface area contributed by atoms with Gasteiger partial charge in [-0.3, -0.25) is 4.79 Å². The molecule has 1 amide bonds. The molecule has 0 spiro atoms. The molecule has 1 unspecified atom stereocenters. The van der Waals surface area contributed by atoms with Gasteiger partial charge in [0, 0.05) is 72.6 Å². The number of amides is 1. The molecule has 3 aromatic rings. The predicted molar refractivity (Wildman–Crippen MR) is 118 cm³/mol. The molecule has 8 nitrogen and oxygen atoms in total. The Morgan fingerprint density at radius 2 is 1.97 bits per heavy atom. The molecular formula is C22H20ClF2N5O3. The van der Waals surface area contributed by atoms with E-state index in [0.717, 1.165) is 13.0 Å². The summed E-state index contributed by atoms with van der Waals surface area (Å²) in [5.74, 6) is 0.275. The number of anilines is 2. The summed E-state index contributed by atoms with van der Waals surface area (Å²) in [5, 5.41) is 12.2. The molecule has 0 aliphatic carbocycles. The lowest BCUT2D eigenvalue weighted by Gasteiger charge is -2.21. The van der Waals surface area contributed by atoms with E-state index in [9.17, 15) is 18.7 Å². The van der Waals surface area contributed by atoms with Gasteiger partial charge in [0.15, 0.2) is 0 Å². The van der Waals surface area contributed by atoms with E-state index < -0.39 is 11.5 Å². The van der Waals surface area contributed by atoms with Crippen molar-refractivity contribution < 1.29 is 23.4 Å². The number of ether oxygens (including phenoxy) is 1. The molecule has 11 heteroatoms. The summed E-state index contributed by atoms with van der Waals surface area (Å²) in [7, 11) is 0. The third-order valence-electron chi connectivity index (χ3n) is 5.19. The van der Waals surface area contributed by atoms with Crippen LogP contribution in [0, 0.1) is 5.92 Å². The van der Waals surface area contributed by atoms with E-state index in [2.05, 4.69) is 29.9 Å². The zero-order valence-electron chi connectivity index (χ0n) is 17.3. The van der Waals surface area contributed by atoms with Gasteiger partial charge in [-0.1, -0.05) is 0 Å². The third-order valence-corrected chi connectivity index (χ3v) is 5.27. The summed E-state index contributed by atoms with van der Waals surface area (Å²) in [6.07, 6.45) is 7.01. The molecule has 1 saturated heterocycles. The van der Waals surface area contributed by atoms with E-state index in [-0.39, 0.29) is 18.3 Å². The number of aliphatic hydroxyl groups excluding tert-OH is 1. The van der Waals surface area contributed by atoms with E-state index in [1.807, 2.05) is 0 Å². The van der Waals surface area contributed by atoms with E-state index in [1.165, 1.54) is 36.8 Å². The maximum Gasteiger partial charge on any atom is 0.487 e. The summed E-state index contributed by atoms with van der Waals surface area (Å²) in [4.78, 5) is 27.6. The number of rotatable bonds is 7. The van der Waals surface area contributed by atoms with Crippen LogP contribution in [-0.4, -0.2) is 51.2 Å². The molecule has 4 rings (SSSR count). The topological polar surface area (TPSA) is 100 Å². The zero-order valence-corrected chi connectivity index (χ0v) is 18.0. The fourth-order valence-corrected chi connectivity index (χ4v) is 3.69. The minimum Gasteiger partial charge on any atom is -0.420 e. The Bertz CT molecular complexity index is 1110. The van der Waals surface area contributed by atoms with Crippen molar-refractivity contribution in [3.05, 3.63) is 60.8 Å². The first kappa shape index (κ1) is 22.8. The first-order valence-corrected chi connectivity index (χ1v) is 10.5. The Morgan fingerprint density at radius 1 is 1.24 bits per heavy atom. The Balaban J connectivity index is 1.57. The highest BCUT2D eigenvalue weighted by Gasteiger charge is 2.28. The molecule has 33 heavy (non-hydrogen) atoms. The van der Waals surface area contributed by atoms with Crippen LogP contribution in [0.1, 0.15) is 16.8 Å². The van der Waals surface area contributed by atoms with Crippen molar-refractivity contribution in [2.45, 2.75) is 12.0 Å². The molecule has 2 aromatic heterocycles. The van der Waals surface area contributed by atoms with Crippen molar-refractivity contribution in [1.29, 1.82) is 0 Å². The predicted octanol–water partition coefficient (Wildman–Crippen LogP) is 3.78. The number of aromatic nitrogens is 3. The number of pyridine rings is 1. The monoisotopic (exact) mass is 475 g/mol. The van der Waals surface area contributed by atoms with Crippen molar-refractivity contribution in [1.82, 2.24) is 15.0 Å². The second-order valence-electron chi connectivity index (χ2n) is 7.53. The molecule has 0 bridgehead atoms. The normalized spacial score (nSPS) is 16.0. The van der Waals surface area contributed by atoms with E-state index in [4.69, 9.17) is 11.6 Å². The first-order chi connectivity index (χ1) is 15.8. The van der Waals surface area contributed by atoms with E-state index >= 15 is 0 Å². The molecule has 3 heterocycles. The van der Waals surface area contributed by atoms with E-state index in [1.54, 1.807) is 18.5 Å². The van der Waals surface area contributed by atoms with Crippen molar-refractivity contribution in [2.24, 2.45) is 5.92 Å². The Kier molecular flexibility index (Phi) is 6.66. The Morgan fingerprint density at radius 3 is 2.61 bits per heavy atom. The largest absolute Gasteiger partial charge is 0.487 e. The van der Waals surface area contributed by atoms with E-state index in [0.29, 0.717) is 34.7 Å². The van der Waals surface area contributed by atoms with Crippen molar-refractivity contribution >= 4 is 29.0 Å². The van der Waals surface area contributed by atoms with Crippen LogP contribution < -0.4 is 15.0 Å². The fourth-order valence-electron chi connectivity index (χ4n) is 3.60. The van der Waals surface area contributed by atoms with Crippen molar-refractivity contribution in [3.8, 4) is 16.9 Å². The van der Waals surface area contributed by atoms with Crippen LogP contribution >= 0.6 is 11.6 Å². The molecular weight excluding hydrogens is 456 g/mol. The molecule has 1 fully saturated rings. The maximum absolute atomic E-state index is 12.8. The quantitative estimate of drug-likeness (QED) is 0.501. The van der Waals surface area contributed by atoms with Gasteiger partial charge in [0.05, 0.1) is 5.56 Å². The van der Waals surface area contributed by atoms with Gasteiger partial charge >= 0.3 is 5.57 Å². The van der Waals surface area contributed by atoms with Gasteiger partial charge in [0.2, 0.25) is 0 Å². The van der Waals surface area contributed by atoms with Crippen LogP contribution in [0.5, 0.6) is 5.75 Å². The van der Waals surface area contributed by atoms with Gasteiger partial charge in [-0.15, -0.1) is 8.78 Å². The Labute approximate surface area is 193 Å².